The van der Waals surface area contributed by atoms with Crippen molar-refractivity contribution in [3.05, 3.63) is 64.3 Å². The number of hydrogen-bond donors (Lipinski definition) is 1. The fourth-order valence-corrected chi connectivity index (χ4v) is 3.37. The monoisotopic (exact) mass is 384 g/mol. The molecule has 0 bridgehead atoms. The van der Waals surface area contributed by atoms with E-state index in [0.29, 0.717) is 16.5 Å². The van der Waals surface area contributed by atoms with Crippen molar-refractivity contribution in [2.45, 2.75) is 26.3 Å². The Kier molecular flexibility index (Phi) is 5.51. The summed E-state index contributed by atoms with van der Waals surface area (Å²) in [6.07, 6.45) is 3.75. The Hall–Kier alpha value is -2.79. The Balaban J connectivity index is 1.85. The average Bonchev–Trinajstić information content (AvgIpc) is 2.64. The van der Waals surface area contributed by atoms with Crippen LogP contribution in [0, 0.1) is 6.92 Å². The maximum absolute atomic E-state index is 12.8. The van der Waals surface area contributed by atoms with E-state index in [2.05, 4.69) is 5.32 Å². The molecule has 0 radical (unpaired) electrons. The topological polar surface area (TPSA) is 58.6 Å². The van der Waals surface area contributed by atoms with Crippen molar-refractivity contribution < 1.29 is 14.3 Å². The Morgan fingerprint density at radius 3 is 2.70 bits per heavy atom. The van der Waals surface area contributed by atoms with E-state index in [1.165, 1.54) is 14.0 Å². The van der Waals surface area contributed by atoms with Gasteiger partial charge >= 0.3 is 0 Å². The summed E-state index contributed by atoms with van der Waals surface area (Å²) in [6.45, 7) is 3.35. The predicted molar refractivity (Wildman–Crippen MR) is 107 cm³/mol. The number of hydrogen-bond acceptors (Lipinski definition) is 3. The fraction of sp³-hybridized carbons (Fsp3) is 0.238. The molecule has 0 aromatic heterocycles. The number of methoxy groups -OCH3 is 1. The SMILES string of the molecule is COc1cc(Cl)c(C)cc1NC(=O)CC1c2ccccc2C=CN1C(C)=O. The number of anilines is 1. The molecule has 1 unspecified atom stereocenters. The summed E-state index contributed by atoms with van der Waals surface area (Å²) in [6, 6.07) is 10.9. The minimum Gasteiger partial charge on any atom is -0.495 e. The minimum atomic E-state index is -0.358. The van der Waals surface area contributed by atoms with E-state index in [1.807, 2.05) is 37.3 Å². The van der Waals surface area contributed by atoms with Gasteiger partial charge in [0.1, 0.15) is 5.75 Å². The average molecular weight is 385 g/mol. The molecule has 5 nitrogen and oxygen atoms in total. The molecular formula is C21H21ClN2O3. The lowest BCUT2D eigenvalue weighted by atomic mass is 9.93. The third kappa shape index (κ3) is 3.98. The Labute approximate surface area is 163 Å². The van der Waals surface area contributed by atoms with Gasteiger partial charge in [-0.2, -0.15) is 0 Å². The molecule has 6 heteroatoms. The van der Waals surface area contributed by atoms with E-state index < -0.39 is 0 Å². The molecule has 27 heavy (non-hydrogen) atoms. The summed E-state index contributed by atoms with van der Waals surface area (Å²) in [5, 5.41) is 3.45. The van der Waals surface area contributed by atoms with Gasteiger partial charge in [-0.25, -0.2) is 0 Å². The maximum Gasteiger partial charge on any atom is 0.226 e. The van der Waals surface area contributed by atoms with E-state index in [9.17, 15) is 9.59 Å². The van der Waals surface area contributed by atoms with Crippen LogP contribution < -0.4 is 10.1 Å². The summed E-state index contributed by atoms with van der Waals surface area (Å²) in [5.74, 6) is 0.168. The van der Waals surface area contributed by atoms with Crippen LogP contribution in [0.3, 0.4) is 0 Å². The van der Waals surface area contributed by atoms with Crippen LogP contribution in [0.1, 0.15) is 36.1 Å². The molecule has 3 rings (SSSR count). The van der Waals surface area contributed by atoms with Crippen LogP contribution in [0.2, 0.25) is 5.02 Å². The van der Waals surface area contributed by atoms with Gasteiger partial charge in [-0.3, -0.25) is 9.59 Å². The minimum absolute atomic E-state index is 0.113. The molecule has 1 N–H and O–H groups in total. The highest BCUT2D eigenvalue weighted by atomic mass is 35.5. The summed E-state index contributed by atoms with van der Waals surface area (Å²) in [4.78, 5) is 26.4. The van der Waals surface area contributed by atoms with Crippen molar-refractivity contribution in [1.82, 2.24) is 4.90 Å². The van der Waals surface area contributed by atoms with Crippen molar-refractivity contribution in [3.8, 4) is 5.75 Å². The van der Waals surface area contributed by atoms with Crippen LogP contribution in [-0.4, -0.2) is 23.8 Å². The molecule has 1 atom stereocenters. The zero-order valence-electron chi connectivity index (χ0n) is 15.5. The third-order valence-corrected chi connectivity index (χ3v) is 5.01. The second kappa shape index (κ2) is 7.84. The summed E-state index contributed by atoms with van der Waals surface area (Å²) in [7, 11) is 1.52. The van der Waals surface area contributed by atoms with Crippen LogP contribution in [-0.2, 0) is 9.59 Å². The standard InChI is InChI=1S/C21H21ClN2O3/c1-13-10-18(20(27-3)11-17(13)22)23-21(26)12-19-16-7-5-4-6-15(16)8-9-24(19)14(2)25/h4-11,19H,12H2,1-3H3,(H,23,26). The first-order valence-electron chi connectivity index (χ1n) is 8.60. The highest BCUT2D eigenvalue weighted by Crippen LogP contribution is 2.34. The number of amides is 2. The largest absolute Gasteiger partial charge is 0.495 e. The van der Waals surface area contributed by atoms with Crippen molar-refractivity contribution in [2.75, 3.05) is 12.4 Å². The first-order chi connectivity index (χ1) is 12.9. The number of benzene rings is 2. The quantitative estimate of drug-likeness (QED) is 0.840. The van der Waals surface area contributed by atoms with Crippen molar-refractivity contribution in [2.24, 2.45) is 0 Å². The zero-order chi connectivity index (χ0) is 19.6. The lowest BCUT2D eigenvalue weighted by molar-refractivity contribution is -0.129. The van der Waals surface area contributed by atoms with Gasteiger partial charge in [0.05, 0.1) is 25.3 Å². The van der Waals surface area contributed by atoms with Crippen LogP contribution in [0.15, 0.2) is 42.6 Å². The van der Waals surface area contributed by atoms with Gasteiger partial charge in [-0.05, 0) is 35.8 Å². The number of ether oxygens (including phenoxy) is 1. The molecule has 0 fully saturated rings. The second-order valence-corrected chi connectivity index (χ2v) is 6.85. The Morgan fingerprint density at radius 1 is 1.26 bits per heavy atom. The van der Waals surface area contributed by atoms with Crippen LogP contribution in [0.4, 0.5) is 5.69 Å². The zero-order valence-corrected chi connectivity index (χ0v) is 16.2. The number of fused-ring (bicyclic) bond motifs is 1. The Bertz CT molecular complexity index is 924. The van der Waals surface area contributed by atoms with Gasteiger partial charge in [0, 0.05) is 24.2 Å². The lowest BCUT2D eigenvalue weighted by Gasteiger charge is -2.32. The molecule has 2 aromatic carbocycles. The lowest BCUT2D eigenvalue weighted by Crippen LogP contribution is -2.33. The molecule has 1 aliphatic heterocycles. The van der Waals surface area contributed by atoms with Crippen LogP contribution in [0.25, 0.3) is 6.08 Å². The van der Waals surface area contributed by atoms with Crippen LogP contribution in [0.5, 0.6) is 5.75 Å². The highest BCUT2D eigenvalue weighted by Gasteiger charge is 2.28. The van der Waals surface area contributed by atoms with E-state index in [-0.39, 0.29) is 24.3 Å². The normalized spacial score (nSPS) is 15.3. The molecule has 0 saturated heterocycles. The smallest absolute Gasteiger partial charge is 0.226 e. The molecule has 2 amide bonds. The predicted octanol–water partition coefficient (Wildman–Crippen LogP) is 4.56. The number of nitrogens with one attached hydrogen (secondary N) is 1. The summed E-state index contributed by atoms with van der Waals surface area (Å²) >= 11 is 6.12. The first-order valence-corrected chi connectivity index (χ1v) is 8.98. The Morgan fingerprint density at radius 2 is 2.00 bits per heavy atom. The third-order valence-electron chi connectivity index (χ3n) is 4.60. The molecule has 1 heterocycles. The summed E-state index contributed by atoms with van der Waals surface area (Å²) in [5.41, 5.74) is 3.35. The number of carbonyl (C=O) groups is 2. The van der Waals surface area contributed by atoms with Crippen molar-refractivity contribution in [3.63, 3.8) is 0 Å². The molecule has 1 aliphatic rings. The molecule has 0 spiro atoms. The molecule has 140 valence electrons. The van der Waals surface area contributed by atoms with Crippen molar-refractivity contribution >= 4 is 35.2 Å². The van der Waals surface area contributed by atoms with Crippen LogP contribution >= 0.6 is 11.6 Å². The van der Waals surface area contributed by atoms with E-state index in [4.69, 9.17) is 16.3 Å². The van der Waals surface area contributed by atoms with E-state index in [1.54, 1.807) is 23.2 Å². The van der Waals surface area contributed by atoms with Gasteiger partial charge < -0.3 is 15.0 Å². The number of rotatable bonds is 4. The molecule has 0 aliphatic carbocycles. The van der Waals surface area contributed by atoms with E-state index >= 15 is 0 Å². The number of nitrogens with zero attached hydrogens (tertiary/aromatic N) is 1. The highest BCUT2D eigenvalue weighted by molar-refractivity contribution is 6.31. The fourth-order valence-electron chi connectivity index (χ4n) is 3.22. The molecule has 0 saturated carbocycles. The number of aryl methyl sites for hydroxylation is 1. The number of halogens is 1. The van der Waals surface area contributed by atoms with Gasteiger partial charge in [0.2, 0.25) is 11.8 Å². The van der Waals surface area contributed by atoms with Gasteiger partial charge in [0.25, 0.3) is 0 Å². The second-order valence-electron chi connectivity index (χ2n) is 6.44. The summed E-state index contributed by atoms with van der Waals surface area (Å²) < 4.78 is 5.31. The molecular weight excluding hydrogens is 364 g/mol. The van der Waals surface area contributed by atoms with Gasteiger partial charge in [0.15, 0.2) is 0 Å². The van der Waals surface area contributed by atoms with Gasteiger partial charge in [-0.15, -0.1) is 0 Å². The first kappa shape index (κ1) is 19.0. The number of carbonyl (C=O) groups excluding carboxylic acids is 2. The maximum atomic E-state index is 12.8. The van der Waals surface area contributed by atoms with Crippen molar-refractivity contribution in [1.29, 1.82) is 0 Å². The van der Waals surface area contributed by atoms with E-state index in [0.717, 1.165) is 16.7 Å². The van der Waals surface area contributed by atoms with Gasteiger partial charge in [-0.1, -0.05) is 35.9 Å². The molecule has 2 aromatic rings.